The molecule has 0 fully saturated rings. The quantitative estimate of drug-likeness (QED) is 0.144. The maximum atomic E-state index is 2.46. The van der Waals surface area contributed by atoms with Crippen molar-refractivity contribution in [2.75, 3.05) is 4.90 Å². The molecule has 0 unspecified atom stereocenters. The molecule has 2 heteroatoms. The average molecular weight is 856 g/mol. The van der Waals surface area contributed by atoms with E-state index < -0.39 is 0 Å². The van der Waals surface area contributed by atoms with Gasteiger partial charge >= 0.3 is 0 Å². The van der Waals surface area contributed by atoms with Gasteiger partial charge in [0.25, 0.3) is 0 Å². The van der Waals surface area contributed by atoms with E-state index in [9.17, 15) is 0 Å². The van der Waals surface area contributed by atoms with Crippen LogP contribution in [-0.4, -0.2) is 0 Å². The van der Waals surface area contributed by atoms with Gasteiger partial charge in [-0.2, -0.15) is 0 Å². The van der Waals surface area contributed by atoms with Gasteiger partial charge in [0, 0.05) is 31.5 Å². The Morgan fingerprint density at radius 3 is 1.56 bits per heavy atom. The van der Waals surface area contributed by atoms with E-state index >= 15 is 0 Å². The van der Waals surface area contributed by atoms with Crippen LogP contribution in [0.25, 0.3) is 108 Å². The summed E-state index contributed by atoms with van der Waals surface area (Å²) >= 11 is 1.86. The van der Waals surface area contributed by atoms with Gasteiger partial charge in [-0.15, -0.1) is 11.3 Å². The summed E-state index contributed by atoms with van der Waals surface area (Å²) in [6.07, 6.45) is 0. The molecule has 1 aromatic heterocycles. The van der Waals surface area contributed by atoms with Crippen LogP contribution < -0.4 is 4.90 Å². The molecule has 0 saturated heterocycles. The maximum Gasteiger partial charge on any atom is 0.0554 e. The lowest BCUT2D eigenvalue weighted by molar-refractivity contribution is 1.30. The minimum atomic E-state index is 1.10. The first kappa shape index (κ1) is 38.2. The van der Waals surface area contributed by atoms with Gasteiger partial charge in [-0.05, 0) is 142 Å². The Hall–Kier alpha value is -8.30. The standard InChI is InChI=1S/C64H41NS/c1-3-17-43(18-4-1)62-55-28-12-11-26-52(55)54-38-35-46(40-58(54)63(62)44-19-5-2-6-20-44)45-22-15-23-49(39-45)65(59-30-16-32-61-64(59)56-29-13-14-31-60(56)66-61)48-36-33-42(34-37-48)57-41-47-21-7-8-24-50(47)51-25-9-10-27-53(51)57/h1-41H. The van der Waals surface area contributed by atoms with Gasteiger partial charge in [0.1, 0.15) is 0 Å². The topological polar surface area (TPSA) is 3.24 Å². The zero-order valence-corrected chi connectivity index (χ0v) is 36.8. The number of rotatable bonds is 7. The molecule has 0 amide bonds. The summed E-state index contributed by atoms with van der Waals surface area (Å²) in [6.45, 7) is 0. The number of hydrogen-bond acceptors (Lipinski definition) is 2. The molecule has 0 spiro atoms. The molecule has 0 N–H and O–H groups in total. The molecule has 1 nitrogen and oxygen atoms in total. The first-order chi connectivity index (χ1) is 32.7. The lowest BCUT2D eigenvalue weighted by Gasteiger charge is -2.27. The van der Waals surface area contributed by atoms with Crippen LogP contribution in [0.2, 0.25) is 0 Å². The third-order valence-corrected chi connectivity index (χ3v) is 14.6. The van der Waals surface area contributed by atoms with Crippen LogP contribution in [-0.2, 0) is 0 Å². The summed E-state index contributed by atoms with van der Waals surface area (Å²) < 4.78 is 2.57. The summed E-state index contributed by atoms with van der Waals surface area (Å²) in [7, 11) is 0. The van der Waals surface area contributed by atoms with Gasteiger partial charge in [-0.25, -0.2) is 0 Å². The predicted octanol–water partition coefficient (Wildman–Crippen LogP) is 18.8. The second-order valence-electron chi connectivity index (χ2n) is 17.2. The summed E-state index contributed by atoms with van der Waals surface area (Å²) in [6, 6.07) is 91.6. The summed E-state index contributed by atoms with van der Waals surface area (Å²) in [5, 5.41) is 12.6. The van der Waals surface area contributed by atoms with Crippen LogP contribution in [0.4, 0.5) is 17.1 Å². The lowest BCUT2D eigenvalue weighted by atomic mass is 9.84. The van der Waals surface area contributed by atoms with E-state index in [0.29, 0.717) is 0 Å². The van der Waals surface area contributed by atoms with Crippen molar-refractivity contribution in [2.24, 2.45) is 0 Å². The fourth-order valence-electron chi connectivity index (χ4n) is 10.5. The Morgan fingerprint density at radius 2 is 0.803 bits per heavy atom. The van der Waals surface area contributed by atoms with Crippen LogP contribution in [0.5, 0.6) is 0 Å². The molecule has 0 saturated carbocycles. The minimum Gasteiger partial charge on any atom is -0.310 e. The fraction of sp³-hybridized carbons (Fsp3) is 0. The van der Waals surface area contributed by atoms with Crippen molar-refractivity contribution in [2.45, 2.75) is 0 Å². The Balaban J connectivity index is 1.01. The molecule has 1 heterocycles. The Bertz CT molecular complexity index is 3980. The molecule has 0 aliphatic heterocycles. The number of benzene rings is 12. The number of anilines is 3. The molecule has 0 aliphatic rings. The van der Waals surface area contributed by atoms with Crippen molar-refractivity contribution in [3.05, 3.63) is 249 Å². The summed E-state index contributed by atoms with van der Waals surface area (Å²) in [5.74, 6) is 0. The van der Waals surface area contributed by atoms with Crippen molar-refractivity contribution in [3.63, 3.8) is 0 Å². The molecule has 13 rings (SSSR count). The van der Waals surface area contributed by atoms with E-state index in [4.69, 9.17) is 0 Å². The number of fused-ring (bicyclic) bond motifs is 9. The normalized spacial score (nSPS) is 11.6. The Labute approximate surface area is 387 Å². The van der Waals surface area contributed by atoms with Crippen LogP contribution in [0, 0.1) is 0 Å². The number of nitrogens with zero attached hydrogens (tertiary/aromatic N) is 1. The molecule has 0 radical (unpaired) electrons. The molecule has 0 bridgehead atoms. The highest BCUT2D eigenvalue weighted by Crippen LogP contribution is 2.48. The first-order valence-corrected chi connectivity index (χ1v) is 23.5. The van der Waals surface area contributed by atoms with Gasteiger partial charge in [0.05, 0.1) is 5.69 Å². The highest BCUT2D eigenvalue weighted by atomic mass is 32.1. The van der Waals surface area contributed by atoms with Gasteiger partial charge < -0.3 is 4.90 Å². The fourth-order valence-corrected chi connectivity index (χ4v) is 11.6. The van der Waals surface area contributed by atoms with Crippen molar-refractivity contribution in [1.29, 1.82) is 0 Å². The molecule has 308 valence electrons. The summed E-state index contributed by atoms with van der Waals surface area (Å²) in [4.78, 5) is 2.46. The van der Waals surface area contributed by atoms with E-state index in [1.54, 1.807) is 0 Å². The van der Waals surface area contributed by atoms with Crippen LogP contribution in [0.15, 0.2) is 249 Å². The third-order valence-electron chi connectivity index (χ3n) is 13.4. The molecule has 66 heavy (non-hydrogen) atoms. The molecule has 13 aromatic rings. The van der Waals surface area contributed by atoms with Crippen LogP contribution in [0.1, 0.15) is 0 Å². The van der Waals surface area contributed by atoms with E-state index in [0.717, 1.165) is 22.6 Å². The molecular weight excluding hydrogens is 815 g/mol. The monoisotopic (exact) mass is 855 g/mol. The molecular formula is C64H41NS. The van der Waals surface area contributed by atoms with E-state index in [1.165, 1.54) is 102 Å². The molecule has 12 aromatic carbocycles. The van der Waals surface area contributed by atoms with Crippen LogP contribution in [0.3, 0.4) is 0 Å². The largest absolute Gasteiger partial charge is 0.310 e. The highest BCUT2D eigenvalue weighted by molar-refractivity contribution is 7.26. The van der Waals surface area contributed by atoms with Crippen molar-refractivity contribution in [3.8, 4) is 44.5 Å². The van der Waals surface area contributed by atoms with E-state index in [1.807, 2.05) is 11.3 Å². The zero-order valence-electron chi connectivity index (χ0n) is 36.0. The third kappa shape index (κ3) is 6.30. The van der Waals surface area contributed by atoms with E-state index in [-0.39, 0.29) is 0 Å². The lowest BCUT2D eigenvalue weighted by Crippen LogP contribution is -2.10. The molecule has 0 atom stereocenters. The predicted molar refractivity (Wildman–Crippen MR) is 286 cm³/mol. The van der Waals surface area contributed by atoms with Crippen molar-refractivity contribution >= 4 is 91.7 Å². The first-order valence-electron chi connectivity index (χ1n) is 22.7. The summed E-state index contributed by atoms with van der Waals surface area (Å²) in [5.41, 5.74) is 13.1. The number of thiophene rings is 1. The second-order valence-corrected chi connectivity index (χ2v) is 18.2. The van der Waals surface area contributed by atoms with Crippen LogP contribution >= 0.6 is 11.3 Å². The Morgan fingerprint density at radius 1 is 0.273 bits per heavy atom. The Kier molecular flexibility index (Phi) is 9.11. The molecule has 0 aliphatic carbocycles. The van der Waals surface area contributed by atoms with E-state index in [2.05, 4.69) is 254 Å². The SMILES string of the molecule is c1ccc(-c2c(-c3ccccc3)c3cc(-c4cccc(N(c5ccc(-c6cc7ccccc7c7ccccc67)cc5)c5cccc6sc7ccccc7c56)c4)ccc3c3ccccc23)cc1. The van der Waals surface area contributed by atoms with Gasteiger partial charge in [-0.3, -0.25) is 0 Å². The van der Waals surface area contributed by atoms with Crippen molar-refractivity contribution in [1.82, 2.24) is 0 Å². The van der Waals surface area contributed by atoms with Gasteiger partial charge in [0.2, 0.25) is 0 Å². The van der Waals surface area contributed by atoms with Gasteiger partial charge in [-0.1, -0.05) is 194 Å². The maximum absolute atomic E-state index is 2.46. The average Bonchev–Trinajstić information content (AvgIpc) is 3.78. The second kappa shape index (κ2) is 15.7. The minimum absolute atomic E-state index is 1.10. The smallest absolute Gasteiger partial charge is 0.0554 e. The number of hydrogen-bond donors (Lipinski definition) is 0. The highest BCUT2D eigenvalue weighted by Gasteiger charge is 2.21. The zero-order chi connectivity index (χ0) is 43.6. The van der Waals surface area contributed by atoms with Gasteiger partial charge in [0.15, 0.2) is 0 Å². The van der Waals surface area contributed by atoms with Crippen molar-refractivity contribution < 1.29 is 0 Å².